The maximum absolute atomic E-state index is 5.96. The van der Waals surface area contributed by atoms with Crippen LogP contribution in [0.4, 0.5) is 5.69 Å². The zero-order valence-electron chi connectivity index (χ0n) is 11.3. The number of nitrogens with two attached hydrogens (primary N) is 1. The van der Waals surface area contributed by atoms with Crippen LogP contribution in [-0.4, -0.2) is 13.6 Å². The largest absolute Gasteiger partial charge is 0.369 e. The SMILES string of the molecule is Cc1cc(CCN)ccc1N(C)Cc1ccc(Cl)s1. The van der Waals surface area contributed by atoms with E-state index in [9.17, 15) is 0 Å². The highest BCUT2D eigenvalue weighted by Gasteiger charge is 2.07. The molecule has 2 N–H and O–H groups in total. The Hall–Kier alpha value is -1.03. The summed E-state index contributed by atoms with van der Waals surface area (Å²) in [5.41, 5.74) is 9.44. The van der Waals surface area contributed by atoms with E-state index in [1.807, 2.05) is 6.07 Å². The molecule has 0 aliphatic rings. The first-order valence-electron chi connectivity index (χ1n) is 6.35. The number of hydrogen-bond acceptors (Lipinski definition) is 3. The molecular formula is C15H19ClN2S. The number of aryl methyl sites for hydroxylation is 1. The summed E-state index contributed by atoms with van der Waals surface area (Å²) >= 11 is 7.60. The van der Waals surface area contributed by atoms with Crippen LogP contribution < -0.4 is 10.6 Å². The Labute approximate surface area is 123 Å². The number of hydrogen-bond donors (Lipinski definition) is 1. The number of nitrogens with zero attached hydrogens (tertiary/aromatic N) is 1. The van der Waals surface area contributed by atoms with Gasteiger partial charge in [-0.15, -0.1) is 11.3 Å². The highest BCUT2D eigenvalue weighted by atomic mass is 35.5. The van der Waals surface area contributed by atoms with Crippen LogP contribution >= 0.6 is 22.9 Å². The lowest BCUT2D eigenvalue weighted by molar-refractivity contribution is 0.926. The second-order valence-electron chi connectivity index (χ2n) is 4.72. The van der Waals surface area contributed by atoms with Crippen LogP contribution in [0.2, 0.25) is 4.34 Å². The highest BCUT2D eigenvalue weighted by molar-refractivity contribution is 7.16. The van der Waals surface area contributed by atoms with Crippen molar-refractivity contribution >= 4 is 28.6 Å². The molecule has 19 heavy (non-hydrogen) atoms. The third kappa shape index (κ3) is 3.72. The Morgan fingerprint density at radius 2 is 2.05 bits per heavy atom. The summed E-state index contributed by atoms with van der Waals surface area (Å²) in [6.07, 6.45) is 0.936. The van der Waals surface area contributed by atoms with Gasteiger partial charge in [-0.1, -0.05) is 23.7 Å². The van der Waals surface area contributed by atoms with Crippen molar-refractivity contribution in [2.45, 2.75) is 19.9 Å². The van der Waals surface area contributed by atoms with Crippen molar-refractivity contribution < 1.29 is 0 Å². The zero-order chi connectivity index (χ0) is 13.8. The Kier molecular flexibility index (Phi) is 4.86. The molecule has 4 heteroatoms. The van der Waals surface area contributed by atoms with E-state index in [2.05, 4.69) is 43.1 Å². The average molecular weight is 295 g/mol. The monoisotopic (exact) mass is 294 g/mol. The standard InChI is InChI=1S/C15H19ClN2S/c1-11-9-12(7-8-17)3-5-14(11)18(2)10-13-4-6-15(16)19-13/h3-6,9H,7-8,10,17H2,1-2H3. The van der Waals surface area contributed by atoms with Gasteiger partial charge >= 0.3 is 0 Å². The first-order chi connectivity index (χ1) is 9.10. The predicted molar refractivity (Wildman–Crippen MR) is 85.4 cm³/mol. The van der Waals surface area contributed by atoms with Gasteiger partial charge in [0.15, 0.2) is 0 Å². The van der Waals surface area contributed by atoms with Gasteiger partial charge < -0.3 is 10.6 Å². The molecule has 1 aromatic heterocycles. The van der Waals surface area contributed by atoms with Gasteiger partial charge in [-0.25, -0.2) is 0 Å². The molecule has 2 aromatic rings. The lowest BCUT2D eigenvalue weighted by Crippen LogP contribution is -2.16. The van der Waals surface area contributed by atoms with Gasteiger partial charge in [0, 0.05) is 17.6 Å². The predicted octanol–water partition coefficient (Wildman–Crippen LogP) is 3.85. The number of halogens is 1. The number of thiophene rings is 1. The molecule has 102 valence electrons. The number of rotatable bonds is 5. The van der Waals surface area contributed by atoms with Gasteiger partial charge in [0.2, 0.25) is 0 Å². The molecule has 0 amide bonds. The summed E-state index contributed by atoms with van der Waals surface area (Å²) in [5.74, 6) is 0. The first kappa shape index (κ1) is 14.4. The summed E-state index contributed by atoms with van der Waals surface area (Å²) in [7, 11) is 2.11. The van der Waals surface area contributed by atoms with Crippen LogP contribution in [0.1, 0.15) is 16.0 Å². The van der Waals surface area contributed by atoms with Crippen LogP contribution in [0.15, 0.2) is 30.3 Å². The second kappa shape index (κ2) is 6.42. The minimum Gasteiger partial charge on any atom is -0.369 e. The topological polar surface area (TPSA) is 29.3 Å². The molecule has 2 nitrogen and oxygen atoms in total. The Bertz CT molecular complexity index is 551. The van der Waals surface area contributed by atoms with Gasteiger partial charge in [-0.3, -0.25) is 0 Å². The van der Waals surface area contributed by atoms with Gasteiger partial charge in [-0.05, 0) is 49.2 Å². The quantitative estimate of drug-likeness (QED) is 0.907. The third-order valence-corrected chi connectivity index (χ3v) is 4.34. The summed E-state index contributed by atoms with van der Waals surface area (Å²) < 4.78 is 0.846. The summed E-state index contributed by atoms with van der Waals surface area (Å²) in [5, 5.41) is 0. The van der Waals surface area contributed by atoms with E-state index in [0.717, 1.165) is 17.3 Å². The van der Waals surface area contributed by atoms with Crippen molar-refractivity contribution in [2.75, 3.05) is 18.5 Å². The fraction of sp³-hybridized carbons (Fsp3) is 0.333. The van der Waals surface area contributed by atoms with Crippen molar-refractivity contribution in [3.8, 4) is 0 Å². The smallest absolute Gasteiger partial charge is 0.0931 e. The normalized spacial score (nSPS) is 10.7. The molecule has 0 atom stereocenters. The average Bonchev–Trinajstić information content (AvgIpc) is 2.75. The minimum absolute atomic E-state index is 0.697. The highest BCUT2D eigenvalue weighted by Crippen LogP contribution is 2.26. The molecule has 0 spiro atoms. The van der Waals surface area contributed by atoms with Crippen molar-refractivity contribution in [1.82, 2.24) is 0 Å². The van der Waals surface area contributed by atoms with Crippen LogP contribution in [0.25, 0.3) is 0 Å². The van der Waals surface area contributed by atoms with Crippen LogP contribution in [0.5, 0.6) is 0 Å². The summed E-state index contributed by atoms with van der Waals surface area (Å²) in [6, 6.07) is 10.6. The van der Waals surface area contributed by atoms with E-state index in [1.54, 1.807) is 11.3 Å². The minimum atomic E-state index is 0.697. The lowest BCUT2D eigenvalue weighted by atomic mass is 10.1. The third-order valence-electron chi connectivity index (χ3n) is 3.13. The van der Waals surface area contributed by atoms with Crippen molar-refractivity contribution in [3.63, 3.8) is 0 Å². The van der Waals surface area contributed by atoms with Crippen molar-refractivity contribution in [1.29, 1.82) is 0 Å². The molecule has 1 heterocycles. The van der Waals surface area contributed by atoms with E-state index in [4.69, 9.17) is 17.3 Å². The van der Waals surface area contributed by atoms with Crippen molar-refractivity contribution in [3.05, 3.63) is 50.7 Å². The van der Waals surface area contributed by atoms with Crippen LogP contribution in [-0.2, 0) is 13.0 Å². The van der Waals surface area contributed by atoms with E-state index in [0.29, 0.717) is 6.54 Å². The zero-order valence-corrected chi connectivity index (χ0v) is 12.9. The molecule has 0 unspecified atom stereocenters. The Morgan fingerprint density at radius 1 is 1.26 bits per heavy atom. The van der Waals surface area contributed by atoms with Crippen LogP contribution in [0.3, 0.4) is 0 Å². The molecule has 0 saturated heterocycles. The Morgan fingerprint density at radius 3 is 2.63 bits per heavy atom. The number of anilines is 1. The molecule has 0 aliphatic carbocycles. The maximum Gasteiger partial charge on any atom is 0.0931 e. The first-order valence-corrected chi connectivity index (χ1v) is 7.54. The molecule has 0 bridgehead atoms. The van der Waals surface area contributed by atoms with E-state index < -0.39 is 0 Å². The van der Waals surface area contributed by atoms with Crippen LogP contribution in [0, 0.1) is 6.92 Å². The van der Waals surface area contributed by atoms with E-state index in [1.165, 1.54) is 21.7 Å². The molecule has 0 radical (unpaired) electrons. The van der Waals surface area contributed by atoms with Gasteiger partial charge in [0.05, 0.1) is 10.9 Å². The van der Waals surface area contributed by atoms with Gasteiger partial charge in [0.25, 0.3) is 0 Å². The molecule has 1 aromatic carbocycles. The van der Waals surface area contributed by atoms with Crippen molar-refractivity contribution in [2.24, 2.45) is 5.73 Å². The number of benzene rings is 1. The maximum atomic E-state index is 5.96. The summed E-state index contributed by atoms with van der Waals surface area (Å²) in [6.45, 7) is 3.73. The lowest BCUT2D eigenvalue weighted by Gasteiger charge is -2.21. The fourth-order valence-electron chi connectivity index (χ4n) is 2.22. The van der Waals surface area contributed by atoms with E-state index in [-0.39, 0.29) is 0 Å². The fourth-order valence-corrected chi connectivity index (χ4v) is 3.36. The molecule has 0 aliphatic heterocycles. The molecule has 2 rings (SSSR count). The Balaban J connectivity index is 2.12. The molecule has 0 saturated carbocycles. The second-order valence-corrected chi connectivity index (χ2v) is 6.52. The molecule has 0 fully saturated rings. The van der Waals surface area contributed by atoms with Gasteiger partial charge in [-0.2, -0.15) is 0 Å². The van der Waals surface area contributed by atoms with Gasteiger partial charge in [0.1, 0.15) is 0 Å². The van der Waals surface area contributed by atoms with E-state index >= 15 is 0 Å². The summed E-state index contributed by atoms with van der Waals surface area (Å²) in [4.78, 5) is 3.53. The molecular weight excluding hydrogens is 276 g/mol.